The average Bonchev–Trinajstić information content (AvgIpc) is 2.82. The molecule has 4 rings (SSSR count). The SMILES string of the molecule is CC(NC(=O)COc1ccc2ccccc2c1)c1cccc(OCc2ccccn2)c1. The molecule has 1 unspecified atom stereocenters. The number of hydrogen-bond donors (Lipinski definition) is 1. The summed E-state index contributed by atoms with van der Waals surface area (Å²) >= 11 is 0. The van der Waals surface area contributed by atoms with Gasteiger partial charge < -0.3 is 14.8 Å². The van der Waals surface area contributed by atoms with Gasteiger partial charge in [0.05, 0.1) is 11.7 Å². The molecule has 156 valence electrons. The molecule has 5 heteroatoms. The van der Waals surface area contributed by atoms with Crippen molar-refractivity contribution in [1.29, 1.82) is 0 Å². The molecule has 0 fully saturated rings. The van der Waals surface area contributed by atoms with Crippen molar-refractivity contribution >= 4 is 16.7 Å². The molecule has 3 aromatic carbocycles. The summed E-state index contributed by atoms with van der Waals surface area (Å²) in [5.41, 5.74) is 1.82. The predicted molar refractivity (Wildman–Crippen MR) is 121 cm³/mol. The lowest BCUT2D eigenvalue weighted by Crippen LogP contribution is -2.31. The molecule has 1 atom stereocenters. The number of ether oxygens (including phenoxy) is 2. The zero-order chi connectivity index (χ0) is 21.5. The van der Waals surface area contributed by atoms with Crippen molar-refractivity contribution in [3.63, 3.8) is 0 Å². The van der Waals surface area contributed by atoms with Crippen molar-refractivity contribution in [1.82, 2.24) is 10.3 Å². The van der Waals surface area contributed by atoms with Gasteiger partial charge in [-0.3, -0.25) is 9.78 Å². The predicted octanol–water partition coefficient (Wildman–Crippen LogP) is 5.07. The van der Waals surface area contributed by atoms with Gasteiger partial charge >= 0.3 is 0 Å². The van der Waals surface area contributed by atoms with Crippen LogP contribution >= 0.6 is 0 Å². The lowest BCUT2D eigenvalue weighted by atomic mass is 10.1. The Balaban J connectivity index is 1.30. The summed E-state index contributed by atoms with van der Waals surface area (Å²) in [6, 6.07) is 27.1. The molecule has 4 aromatic rings. The van der Waals surface area contributed by atoms with E-state index in [0.29, 0.717) is 12.4 Å². The maximum absolute atomic E-state index is 12.4. The second-order valence-corrected chi connectivity index (χ2v) is 7.27. The Labute approximate surface area is 181 Å². The Morgan fingerprint density at radius 2 is 1.68 bits per heavy atom. The number of aromatic nitrogens is 1. The highest BCUT2D eigenvalue weighted by Gasteiger charge is 2.11. The minimum Gasteiger partial charge on any atom is -0.487 e. The van der Waals surface area contributed by atoms with Crippen molar-refractivity contribution in [2.24, 2.45) is 0 Å². The summed E-state index contributed by atoms with van der Waals surface area (Å²) in [5.74, 6) is 1.23. The summed E-state index contributed by atoms with van der Waals surface area (Å²) in [6.45, 7) is 2.29. The van der Waals surface area contributed by atoms with E-state index in [0.717, 1.165) is 27.8 Å². The fourth-order valence-corrected chi connectivity index (χ4v) is 3.29. The fraction of sp³-hybridized carbons (Fsp3) is 0.154. The van der Waals surface area contributed by atoms with Crippen LogP contribution in [-0.4, -0.2) is 17.5 Å². The first kappa shape index (κ1) is 20.4. The van der Waals surface area contributed by atoms with Crippen LogP contribution < -0.4 is 14.8 Å². The van der Waals surface area contributed by atoms with Gasteiger partial charge in [-0.1, -0.05) is 48.5 Å². The minimum absolute atomic E-state index is 0.0431. The number of pyridine rings is 1. The van der Waals surface area contributed by atoms with Gasteiger partial charge in [-0.05, 0) is 59.7 Å². The Morgan fingerprint density at radius 1 is 0.871 bits per heavy atom. The van der Waals surface area contributed by atoms with Crippen LogP contribution in [0.3, 0.4) is 0 Å². The zero-order valence-electron chi connectivity index (χ0n) is 17.3. The lowest BCUT2D eigenvalue weighted by Gasteiger charge is -2.16. The molecule has 0 saturated carbocycles. The molecule has 0 aliphatic rings. The summed E-state index contributed by atoms with van der Waals surface area (Å²) in [6.07, 6.45) is 1.74. The van der Waals surface area contributed by atoms with Gasteiger partial charge in [-0.2, -0.15) is 0 Å². The molecule has 1 aromatic heterocycles. The molecule has 0 radical (unpaired) electrons. The Bertz CT molecular complexity index is 1160. The van der Waals surface area contributed by atoms with E-state index in [4.69, 9.17) is 9.47 Å². The number of nitrogens with one attached hydrogen (secondary N) is 1. The number of carbonyl (C=O) groups excluding carboxylic acids is 1. The number of fused-ring (bicyclic) bond motifs is 1. The van der Waals surface area contributed by atoms with Gasteiger partial charge in [-0.15, -0.1) is 0 Å². The molecule has 5 nitrogen and oxygen atoms in total. The van der Waals surface area contributed by atoms with Crippen LogP contribution in [0.4, 0.5) is 0 Å². The first-order valence-corrected chi connectivity index (χ1v) is 10.2. The van der Waals surface area contributed by atoms with Crippen LogP contribution in [0.15, 0.2) is 91.1 Å². The molecule has 0 aliphatic carbocycles. The van der Waals surface area contributed by atoms with E-state index in [-0.39, 0.29) is 18.6 Å². The number of amides is 1. The Kier molecular flexibility index (Phi) is 6.43. The Morgan fingerprint density at radius 3 is 2.52 bits per heavy atom. The minimum atomic E-state index is -0.180. The number of benzene rings is 3. The summed E-state index contributed by atoms with van der Waals surface area (Å²) < 4.78 is 11.5. The number of rotatable bonds is 8. The van der Waals surface area contributed by atoms with Gasteiger partial charge in [-0.25, -0.2) is 0 Å². The molecule has 1 N–H and O–H groups in total. The lowest BCUT2D eigenvalue weighted by molar-refractivity contribution is -0.123. The van der Waals surface area contributed by atoms with E-state index in [1.165, 1.54) is 0 Å². The third kappa shape index (κ3) is 5.60. The van der Waals surface area contributed by atoms with Crippen molar-refractivity contribution in [3.8, 4) is 11.5 Å². The second kappa shape index (κ2) is 9.76. The quantitative estimate of drug-likeness (QED) is 0.439. The molecule has 1 heterocycles. The largest absolute Gasteiger partial charge is 0.487 e. The van der Waals surface area contributed by atoms with E-state index < -0.39 is 0 Å². The average molecular weight is 412 g/mol. The molecular formula is C26H24N2O3. The van der Waals surface area contributed by atoms with Gasteiger partial charge in [0, 0.05) is 6.20 Å². The zero-order valence-corrected chi connectivity index (χ0v) is 17.3. The van der Waals surface area contributed by atoms with Crippen molar-refractivity contribution < 1.29 is 14.3 Å². The first-order valence-electron chi connectivity index (χ1n) is 10.2. The van der Waals surface area contributed by atoms with E-state index in [1.807, 2.05) is 91.9 Å². The topological polar surface area (TPSA) is 60.5 Å². The molecule has 1 amide bonds. The summed E-state index contributed by atoms with van der Waals surface area (Å²) in [5, 5.41) is 5.19. The smallest absolute Gasteiger partial charge is 0.258 e. The van der Waals surface area contributed by atoms with E-state index in [1.54, 1.807) is 6.20 Å². The highest BCUT2D eigenvalue weighted by molar-refractivity contribution is 5.84. The van der Waals surface area contributed by atoms with Gasteiger partial charge in [0.15, 0.2) is 6.61 Å². The highest BCUT2D eigenvalue weighted by atomic mass is 16.5. The van der Waals surface area contributed by atoms with Crippen molar-refractivity contribution in [2.75, 3.05) is 6.61 Å². The highest BCUT2D eigenvalue weighted by Crippen LogP contribution is 2.21. The van der Waals surface area contributed by atoms with Crippen molar-refractivity contribution in [3.05, 3.63) is 102 Å². The molecule has 31 heavy (non-hydrogen) atoms. The fourth-order valence-electron chi connectivity index (χ4n) is 3.29. The van der Waals surface area contributed by atoms with Crippen LogP contribution in [0.1, 0.15) is 24.2 Å². The monoisotopic (exact) mass is 412 g/mol. The molecule has 0 saturated heterocycles. The molecule has 0 aliphatic heterocycles. The van der Waals surface area contributed by atoms with Crippen LogP contribution in [0, 0.1) is 0 Å². The van der Waals surface area contributed by atoms with Crippen LogP contribution in [0.5, 0.6) is 11.5 Å². The standard InChI is InChI=1S/C26H24N2O3/c1-19(21-9-6-11-24(15-21)30-17-23-10-4-5-14-27-23)28-26(29)18-31-25-13-12-20-7-2-3-8-22(20)16-25/h2-16,19H,17-18H2,1H3,(H,28,29). The van der Waals surface area contributed by atoms with Crippen LogP contribution in [0.25, 0.3) is 10.8 Å². The second-order valence-electron chi connectivity index (χ2n) is 7.27. The van der Waals surface area contributed by atoms with E-state index >= 15 is 0 Å². The first-order chi connectivity index (χ1) is 15.2. The number of carbonyl (C=O) groups is 1. The van der Waals surface area contributed by atoms with Gasteiger partial charge in [0.2, 0.25) is 0 Å². The van der Waals surface area contributed by atoms with Crippen LogP contribution in [0.2, 0.25) is 0 Å². The molecule has 0 spiro atoms. The van der Waals surface area contributed by atoms with Gasteiger partial charge in [0.1, 0.15) is 18.1 Å². The molecule has 0 bridgehead atoms. The van der Waals surface area contributed by atoms with Crippen molar-refractivity contribution in [2.45, 2.75) is 19.6 Å². The summed E-state index contributed by atoms with van der Waals surface area (Å²) in [7, 11) is 0. The van der Waals surface area contributed by atoms with E-state index in [2.05, 4.69) is 10.3 Å². The van der Waals surface area contributed by atoms with Crippen LogP contribution in [-0.2, 0) is 11.4 Å². The third-order valence-electron chi connectivity index (χ3n) is 4.94. The maximum atomic E-state index is 12.4. The maximum Gasteiger partial charge on any atom is 0.258 e. The van der Waals surface area contributed by atoms with E-state index in [9.17, 15) is 4.79 Å². The molecular weight excluding hydrogens is 388 g/mol. The van der Waals surface area contributed by atoms with Gasteiger partial charge in [0.25, 0.3) is 5.91 Å². The number of nitrogens with zero attached hydrogens (tertiary/aromatic N) is 1. The summed E-state index contributed by atoms with van der Waals surface area (Å²) in [4.78, 5) is 16.6. The number of hydrogen-bond acceptors (Lipinski definition) is 4. The third-order valence-corrected chi connectivity index (χ3v) is 4.94. The Hall–Kier alpha value is -3.86. The normalized spacial score (nSPS) is 11.6.